The van der Waals surface area contributed by atoms with Crippen LogP contribution >= 0.6 is 23.8 Å². The number of hydrogen-bond donors (Lipinski definition) is 1. The van der Waals surface area contributed by atoms with Crippen molar-refractivity contribution in [3.05, 3.63) is 28.0 Å². The molecule has 10 heteroatoms. The first-order valence-electron chi connectivity index (χ1n) is 8.28. The largest absolute Gasteiger partial charge is 0.496 e. The molecular formula is C16H21ClN4O3S2. The molecule has 2 aromatic rings. The number of aromatic nitrogens is 3. The van der Waals surface area contributed by atoms with Crippen LogP contribution in [0.3, 0.4) is 0 Å². The first-order chi connectivity index (χ1) is 12.3. The van der Waals surface area contributed by atoms with Crippen molar-refractivity contribution < 1.29 is 13.2 Å². The zero-order valence-electron chi connectivity index (χ0n) is 14.6. The molecule has 1 saturated heterocycles. The Kier molecular flexibility index (Phi) is 5.71. The molecular weight excluding hydrogens is 396 g/mol. The van der Waals surface area contributed by atoms with E-state index < -0.39 is 9.84 Å². The summed E-state index contributed by atoms with van der Waals surface area (Å²) in [6.45, 7) is 3.17. The van der Waals surface area contributed by atoms with Crippen LogP contribution in [0.2, 0.25) is 5.02 Å². The van der Waals surface area contributed by atoms with Gasteiger partial charge in [-0.1, -0.05) is 18.5 Å². The average molecular weight is 417 g/mol. The summed E-state index contributed by atoms with van der Waals surface area (Å²) in [6.07, 6.45) is 0.645. The maximum absolute atomic E-state index is 11.8. The van der Waals surface area contributed by atoms with Gasteiger partial charge in [0.1, 0.15) is 5.75 Å². The maximum atomic E-state index is 11.8. The Morgan fingerprint density at radius 1 is 1.50 bits per heavy atom. The Hall–Kier alpha value is -1.42. The zero-order valence-corrected chi connectivity index (χ0v) is 17.0. The molecule has 0 spiro atoms. The summed E-state index contributed by atoms with van der Waals surface area (Å²) in [5.41, 5.74) is 0.719. The number of rotatable bonds is 6. The second-order valence-corrected chi connectivity index (χ2v) is 9.26. The van der Waals surface area contributed by atoms with Crippen molar-refractivity contribution in [3.63, 3.8) is 0 Å². The van der Waals surface area contributed by atoms with Crippen LogP contribution in [0.4, 0.5) is 0 Å². The van der Waals surface area contributed by atoms with Crippen LogP contribution in [-0.2, 0) is 16.5 Å². The normalized spacial score (nSPS) is 19.2. The highest BCUT2D eigenvalue weighted by atomic mass is 35.5. The highest BCUT2D eigenvalue weighted by molar-refractivity contribution is 7.91. The third-order valence-corrected chi connectivity index (χ3v) is 6.85. The second kappa shape index (κ2) is 7.67. The maximum Gasteiger partial charge on any atom is 0.217 e. The van der Waals surface area contributed by atoms with Crippen LogP contribution in [0, 0.1) is 4.77 Å². The molecule has 26 heavy (non-hydrogen) atoms. The van der Waals surface area contributed by atoms with Crippen molar-refractivity contribution in [2.24, 2.45) is 0 Å². The van der Waals surface area contributed by atoms with E-state index in [9.17, 15) is 8.42 Å². The molecule has 3 rings (SSSR count). The third kappa shape index (κ3) is 4.11. The van der Waals surface area contributed by atoms with Gasteiger partial charge in [0.25, 0.3) is 0 Å². The van der Waals surface area contributed by atoms with Crippen LogP contribution in [-0.4, -0.2) is 59.3 Å². The highest BCUT2D eigenvalue weighted by Crippen LogP contribution is 2.30. The molecule has 1 aliphatic heterocycles. The van der Waals surface area contributed by atoms with Crippen molar-refractivity contribution in [2.75, 3.05) is 25.2 Å². The fourth-order valence-electron chi connectivity index (χ4n) is 3.16. The summed E-state index contributed by atoms with van der Waals surface area (Å²) < 4.78 is 31.0. The number of sulfone groups is 1. The van der Waals surface area contributed by atoms with Crippen LogP contribution in [0.25, 0.3) is 11.4 Å². The molecule has 1 aliphatic rings. The SMILES string of the molecule is CCN(Cn1[nH]c(-c2cc(Cl)ccc2OC)nc1=S)[C@H]1CCS(=O)(=O)C1. The lowest BCUT2D eigenvalue weighted by atomic mass is 10.2. The molecule has 0 saturated carbocycles. The van der Waals surface area contributed by atoms with E-state index in [1.54, 1.807) is 30.0 Å². The average Bonchev–Trinajstić information content (AvgIpc) is 3.14. The van der Waals surface area contributed by atoms with E-state index in [0.717, 1.165) is 12.1 Å². The number of aromatic amines is 1. The summed E-state index contributed by atoms with van der Waals surface area (Å²) in [4.78, 5) is 6.51. The van der Waals surface area contributed by atoms with Crippen LogP contribution in [0.5, 0.6) is 5.75 Å². The van der Waals surface area contributed by atoms with Gasteiger partial charge in [0.05, 0.1) is 30.8 Å². The number of benzene rings is 1. The summed E-state index contributed by atoms with van der Waals surface area (Å²) in [7, 11) is -1.36. The van der Waals surface area contributed by atoms with Crippen molar-refractivity contribution in [3.8, 4) is 17.1 Å². The van der Waals surface area contributed by atoms with E-state index in [2.05, 4.69) is 15.0 Å². The minimum Gasteiger partial charge on any atom is -0.496 e. The summed E-state index contributed by atoms with van der Waals surface area (Å²) in [6, 6.07) is 5.28. The predicted molar refractivity (Wildman–Crippen MR) is 104 cm³/mol. The van der Waals surface area contributed by atoms with E-state index in [1.807, 2.05) is 6.92 Å². The molecule has 142 valence electrons. The smallest absolute Gasteiger partial charge is 0.217 e. The molecule has 0 aliphatic carbocycles. The van der Waals surface area contributed by atoms with Gasteiger partial charge in [-0.05, 0) is 43.4 Å². The van der Waals surface area contributed by atoms with Gasteiger partial charge in [0, 0.05) is 11.1 Å². The van der Waals surface area contributed by atoms with Crippen molar-refractivity contribution in [1.29, 1.82) is 0 Å². The summed E-state index contributed by atoms with van der Waals surface area (Å²) in [5.74, 6) is 1.63. The lowest BCUT2D eigenvalue weighted by Gasteiger charge is -2.26. The van der Waals surface area contributed by atoms with Gasteiger partial charge in [-0.3, -0.25) is 10.00 Å². The van der Waals surface area contributed by atoms with Gasteiger partial charge < -0.3 is 4.74 Å². The first kappa shape index (κ1) is 19.3. The highest BCUT2D eigenvalue weighted by Gasteiger charge is 2.31. The molecule has 1 aromatic heterocycles. The number of nitrogens with zero attached hydrogens (tertiary/aromatic N) is 3. The first-order valence-corrected chi connectivity index (χ1v) is 10.9. The number of hydrogen-bond acceptors (Lipinski definition) is 6. The van der Waals surface area contributed by atoms with E-state index >= 15 is 0 Å². The molecule has 0 unspecified atom stereocenters. The number of H-pyrrole nitrogens is 1. The minimum atomic E-state index is -2.94. The molecule has 0 bridgehead atoms. The Bertz CT molecular complexity index is 955. The number of ether oxygens (including phenoxy) is 1. The van der Waals surface area contributed by atoms with Gasteiger partial charge in [0.15, 0.2) is 15.7 Å². The molecule has 1 aromatic carbocycles. The molecule has 1 fully saturated rings. The Balaban J connectivity index is 1.87. The Morgan fingerprint density at radius 2 is 2.27 bits per heavy atom. The van der Waals surface area contributed by atoms with E-state index in [1.165, 1.54) is 0 Å². The van der Waals surface area contributed by atoms with Gasteiger partial charge in [0.2, 0.25) is 4.77 Å². The fraction of sp³-hybridized carbons (Fsp3) is 0.500. The monoisotopic (exact) mass is 416 g/mol. The molecule has 0 amide bonds. The van der Waals surface area contributed by atoms with Crippen molar-refractivity contribution in [1.82, 2.24) is 19.7 Å². The lowest BCUT2D eigenvalue weighted by molar-refractivity contribution is 0.164. The Labute approximate surface area is 162 Å². The molecule has 2 heterocycles. The van der Waals surface area contributed by atoms with E-state index in [-0.39, 0.29) is 17.5 Å². The summed E-state index contributed by atoms with van der Waals surface area (Å²) in [5, 5.41) is 3.75. The Morgan fingerprint density at radius 3 is 2.88 bits per heavy atom. The topological polar surface area (TPSA) is 80.2 Å². The number of methoxy groups -OCH3 is 1. The van der Waals surface area contributed by atoms with Gasteiger partial charge in [-0.25, -0.2) is 13.1 Å². The second-order valence-electron chi connectivity index (χ2n) is 6.23. The standard InChI is InChI=1S/C16H21ClN4O3S2/c1-3-20(12-6-7-26(22,23)9-12)10-21-16(25)18-15(19-21)13-8-11(17)4-5-14(13)24-2/h4-5,8,12H,3,6-7,9-10H2,1-2H3,(H,18,19,25)/t12-/m0/s1. The minimum absolute atomic E-state index is 0.000596. The van der Waals surface area contributed by atoms with Gasteiger partial charge in [-0.15, -0.1) is 0 Å². The zero-order chi connectivity index (χ0) is 18.9. The predicted octanol–water partition coefficient (Wildman–Crippen LogP) is 2.74. The molecule has 7 nitrogen and oxygen atoms in total. The van der Waals surface area contributed by atoms with Crippen LogP contribution in [0.15, 0.2) is 18.2 Å². The quantitative estimate of drug-likeness (QED) is 0.729. The van der Waals surface area contributed by atoms with Crippen molar-refractivity contribution >= 4 is 33.7 Å². The molecule has 0 radical (unpaired) electrons. The molecule has 1 N–H and O–H groups in total. The third-order valence-electron chi connectivity index (χ3n) is 4.55. The van der Waals surface area contributed by atoms with Gasteiger partial charge in [-0.2, -0.15) is 4.98 Å². The molecule has 1 atom stereocenters. The summed E-state index contributed by atoms with van der Waals surface area (Å²) >= 11 is 11.5. The lowest BCUT2D eigenvalue weighted by Crippen LogP contribution is -2.37. The number of halogens is 1. The van der Waals surface area contributed by atoms with E-state index in [4.69, 9.17) is 28.6 Å². The van der Waals surface area contributed by atoms with Crippen LogP contribution < -0.4 is 4.74 Å². The van der Waals surface area contributed by atoms with Gasteiger partial charge >= 0.3 is 0 Å². The number of nitrogens with one attached hydrogen (secondary N) is 1. The fourth-order valence-corrected chi connectivity index (χ4v) is 5.29. The van der Waals surface area contributed by atoms with Crippen molar-refractivity contribution in [2.45, 2.75) is 26.1 Å². The van der Waals surface area contributed by atoms with E-state index in [0.29, 0.717) is 34.5 Å². The van der Waals surface area contributed by atoms with Crippen LogP contribution in [0.1, 0.15) is 13.3 Å².